The first-order valence-corrected chi connectivity index (χ1v) is 12.1. The molecule has 0 aliphatic carbocycles. The minimum Gasteiger partial charge on any atom is -0.789 e. The van der Waals surface area contributed by atoms with E-state index in [4.69, 9.17) is 23.7 Å². The molecule has 0 atom stereocenters. The Morgan fingerprint density at radius 3 is 1.64 bits per heavy atom. The molecule has 0 spiro atoms. The van der Waals surface area contributed by atoms with Gasteiger partial charge in [-0.25, -0.2) is 0 Å². The quantitative estimate of drug-likeness (QED) is 0.0520. The maximum absolute atomic E-state index is 10.5. The summed E-state index contributed by atoms with van der Waals surface area (Å²) in [6.45, 7) is 11.4. The molecule has 0 radical (unpaired) electrons. The van der Waals surface area contributed by atoms with Crippen LogP contribution >= 0.6 is 12.6 Å². The van der Waals surface area contributed by atoms with Crippen LogP contribution in [-0.2, 0) is 41.9 Å². The van der Waals surface area contributed by atoms with Crippen LogP contribution in [0.25, 0.3) is 0 Å². The monoisotopic (exact) mass is 1080 g/mol. The predicted molar refractivity (Wildman–Crippen MR) is 148 cm³/mol. The first-order chi connectivity index (χ1) is 14.6. The Kier molecular flexibility index (Phi) is 43.1. The summed E-state index contributed by atoms with van der Waals surface area (Å²) < 4.78 is 39.5. The number of benzene rings is 1. The topological polar surface area (TPSA) is 116 Å². The van der Waals surface area contributed by atoms with Crippen molar-refractivity contribution in [1.29, 1.82) is 0 Å². The van der Waals surface area contributed by atoms with Crippen molar-refractivity contribution < 1.29 is 32.1 Å². The molecule has 0 saturated heterocycles. The van der Waals surface area contributed by atoms with Crippen molar-refractivity contribution in [1.82, 2.24) is 0 Å². The smallest absolute Gasteiger partial charge is 0.294 e. The largest absolute Gasteiger partial charge is 0.789 e. The van der Waals surface area contributed by atoms with Gasteiger partial charge in [-0.2, -0.15) is 21.0 Å². The molecule has 36 heavy (non-hydrogen) atoms. The molecule has 1 rings (SSSR count). The molecule has 0 aromatic heterocycles. The summed E-state index contributed by atoms with van der Waals surface area (Å²) in [5.74, 6) is 2.33. The van der Waals surface area contributed by atoms with Crippen molar-refractivity contribution >= 4 is 47.2 Å². The second kappa shape index (κ2) is 31.4. The van der Waals surface area contributed by atoms with Crippen LogP contribution in [0.2, 0.25) is 0 Å². The van der Waals surface area contributed by atoms with Crippen LogP contribution in [0.15, 0.2) is 39.5 Å². The van der Waals surface area contributed by atoms with Crippen molar-refractivity contribution in [2.75, 3.05) is 37.9 Å². The van der Waals surface area contributed by atoms with E-state index < -0.39 is 10.1 Å². The maximum atomic E-state index is 10.5. The van der Waals surface area contributed by atoms with Gasteiger partial charge in [0.1, 0.15) is 6.61 Å². The standard InChI is InChI=1S/C7H8O3S.2C6H13NO2S.CH4.2CH3.2Db/c1-6-2-4-7(5-3-6)11(8,9)10;2*1-3-8-6(2)7-9-4-5-10;;;;;/h2-5H,1H3,(H,8,9,10);2*10H,3-5H2,1-2H3;1H4;2*1H3;;/q;;;;2*-1;;/p-1. The van der Waals surface area contributed by atoms with E-state index >= 15 is 0 Å². The van der Waals surface area contributed by atoms with Crippen LogP contribution in [0.1, 0.15) is 40.7 Å². The van der Waals surface area contributed by atoms with E-state index in [0.29, 0.717) is 49.7 Å². The molecule has 0 heterocycles. The van der Waals surface area contributed by atoms with Gasteiger partial charge in [0.25, 0.3) is 10.1 Å². The molecule has 1 N–H and O–H groups in total. The number of hydrogen-bond donors (Lipinski definition) is 2. The summed E-state index contributed by atoms with van der Waals surface area (Å²) in [4.78, 5) is 9.47. The van der Waals surface area contributed by atoms with Crippen molar-refractivity contribution in [3.8, 4) is 0 Å². The van der Waals surface area contributed by atoms with E-state index in [1.807, 2.05) is 20.8 Å². The van der Waals surface area contributed by atoms with Crippen molar-refractivity contribution in [3.63, 3.8) is 0 Å². The first kappa shape index (κ1) is 49.5. The van der Waals surface area contributed by atoms with Gasteiger partial charge in [-0.05, 0) is 32.9 Å². The molecular weight excluding hydrogens is 1040 g/mol. The Bertz CT molecular complexity index is 712. The molecule has 14 heteroatoms. The zero-order valence-corrected chi connectivity index (χ0v) is 37.4. The summed E-state index contributed by atoms with van der Waals surface area (Å²) in [5.41, 5.74) is 0.956. The average Bonchev–Trinajstić information content (AvgIpc) is 2.69. The van der Waals surface area contributed by atoms with E-state index in [-0.39, 0.29) is 27.2 Å². The van der Waals surface area contributed by atoms with Gasteiger partial charge in [-0.15, -0.1) is 5.75 Å². The fraction of sp³-hybridized carbons (Fsp3) is 0.545. The van der Waals surface area contributed by atoms with Gasteiger partial charge < -0.3 is 46.6 Å². The zero-order chi connectivity index (χ0) is 24.1. The van der Waals surface area contributed by atoms with Crippen LogP contribution in [0, 0.1) is 21.8 Å². The number of nitrogens with zero attached hydrogens (tertiary/aromatic N) is 2. The number of hydrogen-bond acceptors (Lipinski definition) is 10. The van der Waals surface area contributed by atoms with Gasteiger partial charge in [0.15, 0.2) is 0 Å². The molecule has 1 aromatic rings. The van der Waals surface area contributed by atoms with E-state index in [1.165, 1.54) is 12.1 Å². The SMILES string of the molecule is C.CCOC(C)=NOCCS.CCOC(C)=NOCC[S-].Cc1ccc(S(=O)(=O)O)cc1.[CH3-].[CH3-].[Db].[Db]. The molecule has 0 amide bonds. The number of thiol groups is 1. The van der Waals surface area contributed by atoms with Gasteiger partial charge in [0, 0.05) is 19.6 Å². The Morgan fingerprint density at radius 1 is 0.944 bits per heavy atom. The molecule has 208 valence electrons. The van der Waals surface area contributed by atoms with Crippen LogP contribution in [0.5, 0.6) is 0 Å². The molecule has 0 aliphatic heterocycles. The van der Waals surface area contributed by atoms with Crippen LogP contribution in [0.3, 0.4) is 0 Å². The van der Waals surface area contributed by atoms with Gasteiger partial charge in [-0.3, -0.25) is 4.55 Å². The Morgan fingerprint density at radius 2 is 1.33 bits per heavy atom. The predicted octanol–water partition coefficient (Wildman–Crippen LogP) is 5.00. The number of oxime groups is 2. The van der Waals surface area contributed by atoms with Gasteiger partial charge in [0.05, 0.1) is 24.7 Å². The van der Waals surface area contributed by atoms with Gasteiger partial charge in [-0.1, -0.05) is 35.4 Å². The van der Waals surface area contributed by atoms with Gasteiger partial charge >= 0.3 is 0 Å². The van der Waals surface area contributed by atoms with Crippen LogP contribution in [-0.4, -0.2) is 62.7 Å². The van der Waals surface area contributed by atoms with Crippen molar-refractivity contribution in [2.45, 2.75) is 46.9 Å². The third kappa shape index (κ3) is 32.5. The molecule has 0 unspecified atom stereocenters. The summed E-state index contributed by atoms with van der Waals surface area (Å²) in [7, 11) is -4.02. The molecule has 0 saturated carbocycles. The number of rotatable bonds is 9. The normalized spacial score (nSPS) is 9.78. The maximum Gasteiger partial charge on any atom is 0.294 e. The number of aryl methyl sites for hydroxylation is 1. The first-order valence-electron chi connectivity index (χ1n) is 9.44. The molecule has 0 aliphatic rings. The summed E-state index contributed by atoms with van der Waals surface area (Å²) >= 11 is 8.57. The van der Waals surface area contributed by atoms with Gasteiger partial charge in [0.2, 0.25) is 11.8 Å². The summed E-state index contributed by atoms with van der Waals surface area (Å²) in [6, 6.07) is 5.99. The second-order valence-electron chi connectivity index (χ2n) is 5.47. The molecule has 9 nitrogen and oxygen atoms in total. The van der Waals surface area contributed by atoms with E-state index in [0.717, 1.165) is 5.56 Å². The summed E-state index contributed by atoms with van der Waals surface area (Å²) in [5, 5.41) is 7.28. The Balaban J connectivity index is -0.0000000657. The third-order valence-electron chi connectivity index (χ3n) is 2.77. The molecule has 1 aromatic carbocycles. The van der Waals surface area contributed by atoms with Crippen molar-refractivity contribution in [3.05, 3.63) is 44.7 Å². The molecular formula is C22H43Db2N2O7S3-3. The fourth-order valence-electron chi connectivity index (χ4n) is 1.53. The minimum atomic E-state index is -4.02. The van der Waals surface area contributed by atoms with E-state index in [1.54, 1.807) is 26.0 Å². The van der Waals surface area contributed by atoms with Crippen molar-refractivity contribution in [2.24, 2.45) is 10.3 Å². The third-order valence-corrected chi connectivity index (χ3v) is 3.99. The van der Waals surface area contributed by atoms with E-state index in [9.17, 15) is 8.42 Å². The molecule has 0 bridgehead atoms. The Labute approximate surface area is 218 Å². The minimum absolute atomic E-state index is 0. The fourth-order valence-corrected chi connectivity index (χ4v) is 2.17. The zero-order valence-electron chi connectivity index (χ0n) is 22.0. The van der Waals surface area contributed by atoms with Crippen LogP contribution < -0.4 is 0 Å². The molecule has 0 fully saturated rings. The average molecular weight is 1080 g/mol. The van der Waals surface area contributed by atoms with Crippen LogP contribution in [0.4, 0.5) is 0 Å². The summed E-state index contributed by atoms with van der Waals surface area (Å²) in [6.07, 6.45) is 0. The Hall–Kier alpha value is -3.63. The number of ether oxygens (including phenoxy) is 2. The van der Waals surface area contributed by atoms with E-state index in [2.05, 4.69) is 35.6 Å². The second-order valence-corrected chi connectivity index (χ2v) is 7.75.